The molecule has 35 heavy (non-hydrogen) atoms. The topological polar surface area (TPSA) is 110 Å². The van der Waals surface area contributed by atoms with E-state index in [0.717, 1.165) is 21.0 Å². The van der Waals surface area contributed by atoms with Gasteiger partial charge < -0.3 is 5.32 Å². The SMILES string of the molecule is Cc1ccc(CN(CC(=O)Nc2cc([N+](=O)[O-])ccc2C)S(=O)(=O)c2c(C)cc(C)cc2C)cc1. The Morgan fingerprint density at radius 2 is 1.49 bits per heavy atom. The van der Waals surface area contributed by atoms with Gasteiger partial charge >= 0.3 is 0 Å². The Labute approximate surface area is 205 Å². The molecule has 0 aliphatic heterocycles. The fourth-order valence-corrected chi connectivity index (χ4v) is 5.83. The first kappa shape index (κ1) is 26.1. The van der Waals surface area contributed by atoms with Gasteiger partial charge in [0.05, 0.1) is 22.1 Å². The average Bonchev–Trinajstić information content (AvgIpc) is 2.75. The minimum absolute atomic E-state index is 0.00326. The third-order valence-electron chi connectivity index (χ3n) is 5.71. The van der Waals surface area contributed by atoms with Crippen molar-refractivity contribution in [2.75, 3.05) is 11.9 Å². The molecule has 3 aromatic rings. The predicted octanol–water partition coefficient (Wildman–Crippen LogP) is 4.97. The van der Waals surface area contributed by atoms with Crippen molar-refractivity contribution < 1.29 is 18.1 Å². The van der Waals surface area contributed by atoms with Crippen molar-refractivity contribution in [2.45, 2.75) is 46.1 Å². The highest BCUT2D eigenvalue weighted by molar-refractivity contribution is 7.89. The number of hydrogen-bond donors (Lipinski definition) is 1. The van der Waals surface area contributed by atoms with Crippen molar-refractivity contribution in [1.82, 2.24) is 4.31 Å². The number of rotatable bonds is 8. The van der Waals surface area contributed by atoms with Crippen LogP contribution in [-0.4, -0.2) is 30.1 Å². The average molecular weight is 496 g/mol. The molecule has 184 valence electrons. The third kappa shape index (κ3) is 6.12. The Bertz CT molecular complexity index is 1360. The normalized spacial score (nSPS) is 11.5. The van der Waals surface area contributed by atoms with Crippen molar-refractivity contribution >= 4 is 27.3 Å². The number of nitrogens with zero attached hydrogens (tertiary/aromatic N) is 2. The van der Waals surface area contributed by atoms with Gasteiger partial charge in [-0.2, -0.15) is 4.31 Å². The molecule has 3 aromatic carbocycles. The van der Waals surface area contributed by atoms with Crippen molar-refractivity contribution in [3.8, 4) is 0 Å². The summed E-state index contributed by atoms with van der Waals surface area (Å²) in [6.07, 6.45) is 0. The molecule has 0 aliphatic rings. The van der Waals surface area contributed by atoms with Crippen LogP contribution in [0.4, 0.5) is 11.4 Å². The van der Waals surface area contributed by atoms with Gasteiger partial charge in [0.15, 0.2) is 0 Å². The number of nitrogens with one attached hydrogen (secondary N) is 1. The maximum atomic E-state index is 13.8. The van der Waals surface area contributed by atoms with E-state index in [-0.39, 0.29) is 22.8 Å². The Hall–Kier alpha value is -3.56. The van der Waals surface area contributed by atoms with E-state index in [1.165, 1.54) is 18.2 Å². The molecule has 0 atom stereocenters. The molecule has 8 nitrogen and oxygen atoms in total. The van der Waals surface area contributed by atoms with Crippen molar-refractivity contribution in [1.29, 1.82) is 0 Å². The molecule has 0 saturated heterocycles. The van der Waals surface area contributed by atoms with E-state index in [9.17, 15) is 23.3 Å². The third-order valence-corrected chi connectivity index (χ3v) is 7.81. The Kier molecular flexibility index (Phi) is 7.72. The smallest absolute Gasteiger partial charge is 0.271 e. The highest BCUT2D eigenvalue weighted by Crippen LogP contribution is 2.27. The molecular formula is C26H29N3O5S. The number of carbonyl (C=O) groups excluding carboxylic acids is 1. The van der Waals surface area contributed by atoms with Crippen LogP contribution in [0.15, 0.2) is 59.5 Å². The van der Waals surface area contributed by atoms with Gasteiger partial charge in [0.25, 0.3) is 5.69 Å². The Morgan fingerprint density at radius 3 is 2.06 bits per heavy atom. The number of hydrogen-bond acceptors (Lipinski definition) is 5. The number of amides is 1. The van der Waals surface area contributed by atoms with Gasteiger partial charge in [0.1, 0.15) is 0 Å². The summed E-state index contributed by atoms with van der Waals surface area (Å²) in [7, 11) is -4.04. The molecule has 0 spiro atoms. The van der Waals surface area contributed by atoms with Gasteiger partial charge in [-0.25, -0.2) is 8.42 Å². The largest absolute Gasteiger partial charge is 0.324 e. The summed E-state index contributed by atoms with van der Waals surface area (Å²) in [4.78, 5) is 23.8. The summed E-state index contributed by atoms with van der Waals surface area (Å²) in [6.45, 7) is 8.56. The van der Waals surface area contributed by atoms with Gasteiger partial charge in [-0.1, -0.05) is 53.6 Å². The highest BCUT2D eigenvalue weighted by atomic mass is 32.2. The van der Waals surface area contributed by atoms with Crippen LogP contribution in [0.1, 0.15) is 33.4 Å². The first-order valence-corrected chi connectivity index (χ1v) is 12.5. The molecular weight excluding hydrogens is 466 g/mol. The summed E-state index contributed by atoms with van der Waals surface area (Å²) in [5, 5.41) is 13.8. The minimum atomic E-state index is -4.04. The van der Waals surface area contributed by atoms with Gasteiger partial charge in [-0.05, 0) is 56.9 Å². The molecule has 0 aromatic heterocycles. The van der Waals surface area contributed by atoms with E-state index in [1.54, 1.807) is 32.9 Å². The monoisotopic (exact) mass is 495 g/mol. The molecule has 9 heteroatoms. The first-order valence-electron chi connectivity index (χ1n) is 11.1. The van der Waals surface area contributed by atoms with Crippen LogP contribution in [0.25, 0.3) is 0 Å². The van der Waals surface area contributed by atoms with Gasteiger partial charge in [-0.15, -0.1) is 0 Å². The maximum Gasteiger partial charge on any atom is 0.271 e. The number of benzene rings is 3. The van der Waals surface area contributed by atoms with Crippen LogP contribution in [0, 0.1) is 44.7 Å². The van der Waals surface area contributed by atoms with Gasteiger partial charge in [-0.3, -0.25) is 14.9 Å². The number of nitro benzene ring substituents is 1. The standard InChI is InChI=1S/C26H29N3O5S/c1-17-6-9-22(10-7-17)15-28(35(33,34)26-20(4)12-18(2)13-21(26)5)16-25(30)27-24-14-23(29(31)32)11-8-19(24)3/h6-14H,15-16H2,1-5H3,(H,27,30). The zero-order chi connectivity index (χ0) is 25.9. The summed E-state index contributed by atoms with van der Waals surface area (Å²) in [6, 6.07) is 15.2. The van der Waals surface area contributed by atoms with Gasteiger partial charge in [0, 0.05) is 18.7 Å². The molecule has 0 heterocycles. The van der Waals surface area contributed by atoms with E-state index in [2.05, 4.69) is 5.32 Å². The summed E-state index contributed by atoms with van der Waals surface area (Å²) >= 11 is 0. The number of sulfonamides is 1. The van der Waals surface area contributed by atoms with Crippen LogP contribution in [0.2, 0.25) is 0 Å². The zero-order valence-corrected chi connectivity index (χ0v) is 21.3. The van der Waals surface area contributed by atoms with E-state index >= 15 is 0 Å². The van der Waals surface area contributed by atoms with Crippen molar-refractivity contribution in [3.05, 3.63) is 98.1 Å². The zero-order valence-electron chi connectivity index (χ0n) is 20.5. The van der Waals surface area contributed by atoms with Gasteiger partial charge in [0.2, 0.25) is 15.9 Å². The summed E-state index contributed by atoms with van der Waals surface area (Å²) in [5.41, 5.74) is 4.65. The Morgan fingerprint density at radius 1 is 0.886 bits per heavy atom. The summed E-state index contributed by atoms with van der Waals surface area (Å²) in [5.74, 6) is -0.591. The predicted molar refractivity (Wildman–Crippen MR) is 136 cm³/mol. The number of anilines is 1. The highest BCUT2D eigenvalue weighted by Gasteiger charge is 2.30. The quantitative estimate of drug-likeness (QED) is 0.351. The first-order chi connectivity index (χ1) is 16.4. The van der Waals surface area contributed by atoms with Crippen LogP contribution in [0.3, 0.4) is 0 Å². The van der Waals surface area contributed by atoms with Crippen LogP contribution < -0.4 is 5.32 Å². The fourth-order valence-electron chi connectivity index (χ4n) is 4.03. The molecule has 3 rings (SSSR count). The molecule has 1 N–H and O–H groups in total. The molecule has 0 aliphatic carbocycles. The van der Waals surface area contributed by atoms with E-state index in [0.29, 0.717) is 16.7 Å². The minimum Gasteiger partial charge on any atom is -0.324 e. The second-order valence-corrected chi connectivity index (χ2v) is 10.7. The van der Waals surface area contributed by atoms with Crippen LogP contribution in [-0.2, 0) is 21.4 Å². The van der Waals surface area contributed by atoms with E-state index in [4.69, 9.17) is 0 Å². The lowest BCUT2D eigenvalue weighted by molar-refractivity contribution is -0.384. The molecule has 0 bridgehead atoms. The molecule has 0 saturated carbocycles. The second-order valence-electron chi connectivity index (χ2n) is 8.79. The van der Waals surface area contributed by atoms with Crippen LogP contribution >= 0.6 is 0 Å². The van der Waals surface area contributed by atoms with Crippen LogP contribution in [0.5, 0.6) is 0 Å². The van der Waals surface area contributed by atoms with Crippen molar-refractivity contribution in [3.63, 3.8) is 0 Å². The van der Waals surface area contributed by atoms with Crippen molar-refractivity contribution in [2.24, 2.45) is 0 Å². The van der Waals surface area contributed by atoms with E-state index in [1.807, 2.05) is 38.1 Å². The second kappa shape index (κ2) is 10.4. The fraction of sp³-hybridized carbons (Fsp3) is 0.269. The number of carbonyl (C=O) groups is 1. The molecule has 0 fully saturated rings. The number of aryl methyl sites for hydroxylation is 5. The lowest BCUT2D eigenvalue weighted by Gasteiger charge is -2.24. The molecule has 0 unspecified atom stereocenters. The number of non-ortho nitro benzene ring substituents is 1. The lowest BCUT2D eigenvalue weighted by Crippen LogP contribution is -2.38. The lowest BCUT2D eigenvalue weighted by atomic mass is 10.1. The molecule has 0 radical (unpaired) electrons. The Balaban J connectivity index is 1.98. The maximum absolute atomic E-state index is 13.8. The van der Waals surface area contributed by atoms with E-state index < -0.39 is 27.4 Å². The molecule has 1 amide bonds. The summed E-state index contributed by atoms with van der Waals surface area (Å²) < 4.78 is 28.8. The number of nitro groups is 1.